The fourth-order valence-corrected chi connectivity index (χ4v) is 7.75. The van der Waals surface area contributed by atoms with Gasteiger partial charge in [-0.3, -0.25) is 0 Å². The molecule has 0 aromatic heterocycles. The van der Waals surface area contributed by atoms with Gasteiger partial charge in [-0.05, 0) is 0 Å². The Morgan fingerprint density at radius 3 is 2.75 bits per heavy atom. The van der Waals surface area contributed by atoms with Crippen LogP contribution in [-0.4, -0.2) is 95.3 Å². The van der Waals surface area contributed by atoms with Crippen LogP contribution < -0.4 is 0 Å². The standard InChI is InChI=1S/C8H17O5PSe.Ba/c1-4(2)11-3-5-6(9)7(13-14-10)8(15)12-5;/h4-10,14-15H,3H2,1-2H3;/q;+1/p-1. The monoisotopic (exact) mass is 441 g/mol. The molecule has 1 radical (unpaired) electrons. The van der Waals surface area contributed by atoms with E-state index in [1.54, 1.807) is 0 Å². The molecule has 0 spiro atoms. The molecule has 1 heterocycles. The minimum atomic E-state index is -0.686. The van der Waals surface area contributed by atoms with E-state index in [1.165, 1.54) is 0 Å². The fourth-order valence-electron chi connectivity index (χ4n) is 1.45. The molecule has 8 heteroatoms. The average molecular weight is 439 g/mol. The molecule has 0 aromatic rings. The van der Waals surface area contributed by atoms with Gasteiger partial charge >= 0.3 is 132 Å². The van der Waals surface area contributed by atoms with Gasteiger partial charge in [0.15, 0.2) is 0 Å². The van der Waals surface area contributed by atoms with Crippen LogP contribution in [0.25, 0.3) is 0 Å². The SMILES string of the molecule is CC(C)OCC1OC([Se][Ba])C(OPO)C1O. The molecule has 5 nitrogen and oxygen atoms in total. The second-order valence-corrected chi connectivity index (χ2v) is 11.3. The van der Waals surface area contributed by atoms with Crippen LogP contribution >= 0.6 is 9.03 Å². The van der Waals surface area contributed by atoms with Crippen molar-refractivity contribution in [2.75, 3.05) is 6.61 Å². The summed E-state index contributed by atoms with van der Waals surface area (Å²) in [6.07, 6.45) is -0.855. The van der Waals surface area contributed by atoms with Gasteiger partial charge in [0.05, 0.1) is 0 Å². The maximum absolute atomic E-state index is 9.99. The van der Waals surface area contributed by atoms with Gasteiger partial charge in [0, 0.05) is 0 Å². The topological polar surface area (TPSA) is 68.2 Å². The molecule has 0 bridgehead atoms. The summed E-state index contributed by atoms with van der Waals surface area (Å²) in [4.78, 5) is 8.79. The van der Waals surface area contributed by atoms with Gasteiger partial charge in [-0.15, -0.1) is 0 Å². The zero-order valence-electron chi connectivity index (χ0n) is 9.33. The van der Waals surface area contributed by atoms with Gasteiger partial charge in [-0.2, -0.15) is 0 Å². The van der Waals surface area contributed by atoms with E-state index in [4.69, 9.17) is 18.9 Å². The molecular formula is C8H16BaO5PSe. The van der Waals surface area contributed by atoms with Gasteiger partial charge in [0.25, 0.3) is 0 Å². The Bertz CT molecular complexity index is 211. The number of hydrogen-bond acceptors (Lipinski definition) is 5. The minimum absolute atomic E-state index is 0.0220. The Morgan fingerprint density at radius 1 is 1.56 bits per heavy atom. The second kappa shape index (κ2) is 8.48. The van der Waals surface area contributed by atoms with Crippen LogP contribution in [0.5, 0.6) is 0 Å². The van der Waals surface area contributed by atoms with Crippen molar-refractivity contribution < 1.29 is 24.0 Å². The van der Waals surface area contributed by atoms with Crippen molar-refractivity contribution in [1.82, 2.24) is 0 Å². The molecule has 0 aromatic carbocycles. The molecule has 5 unspecified atom stereocenters. The normalized spacial score (nSPS) is 35.5. The first kappa shape index (κ1) is 16.4. The Morgan fingerprint density at radius 2 is 2.25 bits per heavy atom. The Labute approximate surface area is 130 Å². The third kappa shape index (κ3) is 4.78. The van der Waals surface area contributed by atoms with Gasteiger partial charge in [-0.1, -0.05) is 0 Å². The molecule has 1 rings (SSSR count). The van der Waals surface area contributed by atoms with E-state index >= 15 is 0 Å². The van der Waals surface area contributed by atoms with Gasteiger partial charge in [0.2, 0.25) is 0 Å². The molecule has 0 amide bonds. The van der Waals surface area contributed by atoms with Crippen molar-refractivity contribution in [3.05, 3.63) is 0 Å². The molecule has 1 aliphatic rings. The van der Waals surface area contributed by atoms with Crippen LogP contribution in [0.3, 0.4) is 0 Å². The van der Waals surface area contributed by atoms with Crippen molar-refractivity contribution in [3.8, 4) is 0 Å². The molecule has 1 aliphatic heterocycles. The molecule has 16 heavy (non-hydrogen) atoms. The third-order valence-electron chi connectivity index (χ3n) is 2.24. The molecule has 91 valence electrons. The zero-order valence-corrected chi connectivity index (χ0v) is 16.5. The van der Waals surface area contributed by atoms with Crippen molar-refractivity contribution in [2.45, 2.75) is 43.3 Å². The van der Waals surface area contributed by atoms with Crippen LogP contribution in [0.1, 0.15) is 13.8 Å². The molecule has 0 aliphatic carbocycles. The summed E-state index contributed by atoms with van der Waals surface area (Å²) >= 11 is 0.644. The van der Waals surface area contributed by atoms with Crippen LogP contribution in [-0.2, 0) is 14.0 Å². The maximum atomic E-state index is 9.99. The Hall–Kier alpha value is 2.32. The summed E-state index contributed by atoms with van der Waals surface area (Å²) in [6, 6.07) is 0. The number of aliphatic hydroxyl groups excluding tert-OH is 1. The first-order valence-electron chi connectivity index (χ1n) is 5.00. The average Bonchev–Trinajstić information content (AvgIpc) is 2.54. The molecule has 1 fully saturated rings. The van der Waals surface area contributed by atoms with Crippen molar-refractivity contribution in [3.63, 3.8) is 0 Å². The van der Waals surface area contributed by atoms with Crippen molar-refractivity contribution >= 4 is 58.3 Å². The number of hydrogen-bond donors (Lipinski definition) is 2. The molecular weight excluding hydrogens is 423 g/mol. The summed E-state index contributed by atoms with van der Waals surface area (Å²) in [6.45, 7) is 4.27. The van der Waals surface area contributed by atoms with Crippen LogP contribution in [0.2, 0.25) is 0 Å². The molecule has 2 N–H and O–H groups in total. The van der Waals surface area contributed by atoms with E-state index in [2.05, 4.69) is 0 Å². The predicted molar refractivity (Wildman–Crippen MR) is 62.7 cm³/mol. The van der Waals surface area contributed by atoms with Crippen molar-refractivity contribution in [2.24, 2.45) is 0 Å². The number of rotatable bonds is 6. The van der Waals surface area contributed by atoms with E-state index < -0.39 is 15.1 Å². The van der Waals surface area contributed by atoms with E-state index in [0.29, 0.717) is 55.9 Å². The third-order valence-corrected chi connectivity index (χ3v) is 9.46. The van der Waals surface area contributed by atoms with E-state index in [1.807, 2.05) is 13.8 Å². The summed E-state index contributed by atoms with van der Waals surface area (Å²) in [5.41, 5.74) is 0. The van der Waals surface area contributed by atoms with E-state index in [9.17, 15) is 5.11 Å². The second-order valence-electron chi connectivity index (χ2n) is 3.76. The summed E-state index contributed by atoms with van der Waals surface area (Å²) in [5, 5.41) is 9.97. The van der Waals surface area contributed by atoms with Crippen molar-refractivity contribution in [1.29, 1.82) is 0 Å². The quantitative estimate of drug-likeness (QED) is 0.418. The predicted octanol–water partition coefficient (Wildman–Crippen LogP) is -0.829. The van der Waals surface area contributed by atoms with Gasteiger partial charge in [0.1, 0.15) is 0 Å². The van der Waals surface area contributed by atoms with E-state index in [0.717, 1.165) is 0 Å². The molecule has 1 saturated heterocycles. The summed E-state index contributed by atoms with van der Waals surface area (Å²) in [7, 11) is -0.595. The fraction of sp³-hybridized carbons (Fsp3) is 1.00. The van der Waals surface area contributed by atoms with Crippen LogP contribution in [0, 0.1) is 0 Å². The van der Waals surface area contributed by atoms with Crippen LogP contribution in [0.15, 0.2) is 0 Å². The Balaban J connectivity index is 2.49. The summed E-state index contributed by atoms with van der Waals surface area (Å²) < 4.78 is 16.3. The first-order valence-corrected chi connectivity index (χ1v) is 17.5. The number of ether oxygens (including phenoxy) is 2. The first-order chi connectivity index (χ1) is 7.60. The Kier molecular flexibility index (Phi) is 8.68. The molecule has 5 atom stereocenters. The van der Waals surface area contributed by atoms with Gasteiger partial charge < -0.3 is 0 Å². The summed E-state index contributed by atoms with van der Waals surface area (Å²) in [5.74, 6) is 0. The van der Waals surface area contributed by atoms with Gasteiger partial charge in [-0.25, -0.2) is 0 Å². The number of aliphatic hydroxyl groups is 1. The van der Waals surface area contributed by atoms with Crippen LogP contribution in [0.4, 0.5) is 0 Å². The molecule has 0 saturated carbocycles. The van der Waals surface area contributed by atoms with E-state index in [-0.39, 0.29) is 23.3 Å². The zero-order chi connectivity index (χ0) is 12.1.